The van der Waals surface area contributed by atoms with Gasteiger partial charge in [0.25, 0.3) is 5.91 Å². The lowest BCUT2D eigenvalue weighted by atomic mass is 10.1. The maximum absolute atomic E-state index is 12.2. The fourth-order valence-corrected chi connectivity index (χ4v) is 2.02. The van der Waals surface area contributed by atoms with E-state index in [1.807, 2.05) is 49.4 Å². The first kappa shape index (κ1) is 15.6. The Kier molecular flexibility index (Phi) is 5.20. The number of anilines is 2. The predicted octanol–water partition coefficient (Wildman–Crippen LogP) is 3.34. The number of likely N-dealkylation sites (N-methyl/N-ethyl adjacent to an activating group) is 1. The molecule has 2 aromatic rings. The first-order valence-corrected chi connectivity index (χ1v) is 7.15. The van der Waals surface area contributed by atoms with Crippen LogP contribution >= 0.6 is 0 Å². The first-order chi connectivity index (χ1) is 10.6. The van der Waals surface area contributed by atoms with Crippen LogP contribution in [0.4, 0.5) is 11.4 Å². The van der Waals surface area contributed by atoms with E-state index in [4.69, 9.17) is 10.5 Å². The van der Waals surface area contributed by atoms with Crippen LogP contribution in [-0.2, 0) is 4.79 Å². The molecule has 0 aromatic heterocycles. The molecule has 0 aliphatic carbocycles. The van der Waals surface area contributed by atoms with Gasteiger partial charge in [0.05, 0.1) is 12.3 Å². The largest absolute Gasteiger partial charge is 0.492 e. The lowest BCUT2D eigenvalue weighted by molar-refractivity contribution is -0.113. The van der Waals surface area contributed by atoms with Gasteiger partial charge in [-0.25, -0.2) is 0 Å². The van der Waals surface area contributed by atoms with Gasteiger partial charge in [-0.3, -0.25) is 4.79 Å². The summed E-state index contributed by atoms with van der Waals surface area (Å²) in [7, 11) is 1.74. The van der Waals surface area contributed by atoms with Gasteiger partial charge < -0.3 is 15.4 Å². The van der Waals surface area contributed by atoms with Crippen LogP contribution in [0.3, 0.4) is 0 Å². The van der Waals surface area contributed by atoms with Crippen LogP contribution in [0.2, 0.25) is 0 Å². The molecule has 2 N–H and O–H groups in total. The first-order valence-electron chi connectivity index (χ1n) is 7.15. The average molecular weight is 296 g/mol. The number of nitrogen functional groups attached to an aromatic ring is 1. The van der Waals surface area contributed by atoms with Gasteiger partial charge in [0.2, 0.25) is 0 Å². The topological polar surface area (TPSA) is 55.6 Å². The highest BCUT2D eigenvalue weighted by molar-refractivity contribution is 6.03. The number of carbonyl (C=O) groups is 1. The molecule has 114 valence electrons. The van der Waals surface area contributed by atoms with Gasteiger partial charge in [-0.05, 0) is 42.8 Å². The molecule has 0 spiro atoms. The third kappa shape index (κ3) is 3.88. The van der Waals surface area contributed by atoms with Gasteiger partial charge in [-0.15, -0.1) is 0 Å². The number of para-hydroxylation sites is 1. The van der Waals surface area contributed by atoms with Crippen molar-refractivity contribution >= 4 is 23.4 Å². The molecule has 0 saturated carbocycles. The van der Waals surface area contributed by atoms with Crippen LogP contribution in [0, 0.1) is 0 Å². The van der Waals surface area contributed by atoms with Crippen LogP contribution in [0.25, 0.3) is 6.08 Å². The van der Waals surface area contributed by atoms with Crippen molar-refractivity contribution in [3.8, 4) is 5.75 Å². The lowest BCUT2D eigenvalue weighted by Gasteiger charge is -2.14. The third-order valence-corrected chi connectivity index (χ3v) is 3.23. The predicted molar refractivity (Wildman–Crippen MR) is 90.9 cm³/mol. The molecule has 0 atom stereocenters. The minimum absolute atomic E-state index is 0.0985. The van der Waals surface area contributed by atoms with E-state index in [0.717, 1.165) is 11.3 Å². The van der Waals surface area contributed by atoms with Gasteiger partial charge in [0.15, 0.2) is 0 Å². The van der Waals surface area contributed by atoms with Gasteiger partial charge in [0.1, 0.15) is 5.75 Å². The molecule has 0 unspecified atom stereocenters. The van der Waals surface area contributed by atoms with E-state index in [9.17, 15) is 4.79 Å². The SMILES string of the molecule is CCOc1ccc(/C=C\C(=O)N(C)c2ccccc2)cc1N. The second-order valence-electron chi connectivity index (χ2n) is 4.80. The van der Waals surface area contributed by atoms with Crippen molar-refractivity contribution in [2.45, 2.75) is 6.92 Å². The van der Waals surface area contributed by atoms with Crippen LogP contribution in [0.5, 0.6) is 5.75 Å². The molecule has 0 bridgehead atoms. The summed E-state index contributed by atoms with van der Waals surface area (Å²) in [4.78, 5) is 13.7. The molecule has 4 nitrogen and oxygen atoms in total. The van der Waals surface area contributed by atoms with Gasteiger partial charge in [-0.2, -0.15) is 0 Å². The standard InChI is InChI=1S/C18H20N2O2/c1-3-22-17-11-9-14(13-16(17)19)10-12-18(21)20(2)15-7-5-4-6-8-15/h4-13H,3,19H2,1-2H3/b12-10-. The fraction of sp³-hybridized carbons (Fsp3) is 0.167. The maximum Gasteiger partial charge on any atom is 0.250 e. The molecule has 0 heterocycles. The summed E-state index contributed by atoms with van der Waals surface area (Å²) in [6.45, 7) is 2.48. The highest BCUT2D eigenvalue weighted by Gasteiger charge is 2.06. The van der Waals surface area contributed by atoms with Gasteiger partial charge in [0, 0.05) is 18.8 Å². The van der Waals surface area contributed by atoms with Gasteiger partial charge >= 0.3 is 0 Å². The second kappa shape index (κ2) is 7.31. The molecule has 0 aliphatic heterocycles. The molecule has 0 saturated heterocycles. The molecule has 4 heteroatoms. The van der Waals surface area contributed by atoms with E-state index in [0.29, 0.717) is 18.0 Å². The molecule has 1 amide bonds. The number of rotatable bonds is 5. The molecule has 2 rings (SSSR count). The van der Waals surface area contributed by atoms with E-state index in [2.05, 4.69) is 0 Å². The summed E-state index contributed by atoms with van der Waals surface area (Å²) in [5.41, 5.74) is 8.18. The number of carbonyl (C=O) groups excluding carboxylic acids is 1. The quantitative estimate of drug-likeness (QED) is 0.680. The van der Waals surface area contributed by atoms with E-state index in [-0.39, 0.29) is 5.91 Å². The van der Waals surface area contributed by atoms with E-state index >= 15 is 0 Å². The Hall–Kier alpha value is -2.75. The fourth-order valence-electron chi connectivity index (χ4n) is 2.02. The second-order valence-corrected chi connectivity index (χ2v) is 4.80. The lowest BCUT2D eigenvalue weighted by Crippen LogP contribution is -2.23. The summed E-state index contributed by atoms with van der Waals surface area (Å²) >= 11 is 0. The van der Waals surface area contributed by atoms with Crippen molar-refractivity contribution in [1.82, 2.24) is 0 Å². The molecular formula is C18H20N2O2. The molecule has 0 radical (unpaired) electrons. The third-order valence-electron chi connectivity index (χ3n) is 3.23. The van der Waals surface area contributed by atoms with Crippen molar-refractivity contribution < 1.29 is 9.53 Å². The highest BCUT2D eigenvalue weighted by atomic mass is 16.5. The van der Waals surface area contributed by atoms with Crippen molar-refractivity contribution in [2.75, 3.05) is 24.3 Å². The number of hydrogen-bond donors (Lipinski definition) is 1. The van der Waals surface area contributed by atoms with E-state index in [1.54, 1.807) is 24.1 Å². The van der Waals surface area contributed by atoms with Crippen molar-refractivity contribution in [2.24, 2.45) is 0 Å². The van der Waals surface area contributed by atoms with E-state index in [1.165, 1.54) is 6.08 Å². The van der Waals surface area contributed by atoms with E-state index < -0.39 is 0 Å². The smallest absolute Gasteiger partial charge is 0.250 e. The average Bonchev–Trinajstić information content (AvgIpc) is 2.55. The minimum atomic E-state index is -0.0985. The normalized spacial score (nSPS) is 10.6. The summed E-state index contributed by atoms with van der Waals surface area (Å²) in [5.74, 6) is 0.561. The maximum atomic E-state index is 12.2. The Labute approximate surface area is 130 Å². The number of hydrogen-bond acceptors (Lipinski definition) is 3. The van der Waals surface area contributed by atoms with Crippen LogP contribution in [0.1, 0.15) is 12.5 Å². The number of nitrogens with two attached hydrogens (primary N) is 1. The minimum Gasteiger partial charge on any atom is -0.492 e. The van der Waals surface area contributed by atoms with Crippen LogP contribution < -0.4 is 15.4 Å². The Morgan fingerprint density at radius 2 is 1.95 bits per heavy atom. The van der Waals surface area contributed by atoms with Crippen LogP contribution in [-0.4, -0.2) is 19.6 Å². The van der Waals surface area contributed by atoms with Crippen molar-refractivity contribution in [3.63, 3.8) is 0 Å². The number of amides is 1. The Morgan fingerprint density at radius 3 is 2.59 bits per heavy atom. The van der Waals surface area contributed by atoms with Crippen LogP contribution in [0.15, 0.2) is 54.6 Å². The molecular weight excluding hydrogens is 276 g/mol. The number of ether oxygens (including phenoxy) is 1. The number of benzene rings is 2. The zero-order valence-corrected chi connectivity index (χ0v) is 12.8. The Morgan fingerprint density at radius 1 is 1.23 bits per heavy atom. The zero-order valence-electron chi connectivity index (χ0n) is 12.8. The van der Waals surface area contributed by atoms with Crippen molar-refractivity contribution in [3.05, 3.63) is 60.2 Å². The van der Waals surface area contributed by atoms with Gasteiger partial charge in [-0.1, -0.05) is 24.3 Å². The monoisotopic (exact) mass is 296 g/mol. The zero-order chi connectivity index (χ0) is 15.9. The molecule has 22 heavy (non-hydrogen) atoms. The molecule has 2 aromatic carbocycles. The number of nitrogens with zero attached hydrogens (tertiary/aromatic N) is 1. The summed E-state index contributed by atoms with van der Waals surface area (Å²) in [5, 5.41) is 0. The molecule has 0 aliphatic rings. The van der Waals surface area contributed by atoms with Crippen molar-refractivity contribution in [1.29, 1.82) is 0 Å². The summed E-state index contributed by atoms with van der Waals surface area (Å²) < 4.78 is 5.39. The summed E-state index contributed by atoms with van der Waals surface area (Å²) in [6, 6.07) is 15.0. The summed E-state index contributed by atoms with van der Waals surface area (Å²) in [6.07, 6.45) is 3.27. The molecule has 0 fully saturated rings. The Balaban J connectivity index is 2.08. The highest BCUT2D eigenvalue weighted by Crippen LogP contribution is 2.23. The Bertz CT molecular complexity index is 666.